The number of nitrogens with one attached hydrogen (secondary N) is 2. The van der Waals surface area contributed by atoms with Crippen molar-refractivity contribution in [3.05, 3.63) is 77.6 Å². The van der Waals surface area contributed by atoms with Gasteiger partial charge in [-0.15, -0.1) is 10.2 Å². The minimum Gasteiger partial charge on any atom is -0.345 e. The van der Waals surface area contributed by atoms with Crippen LogP contribution in [-0.4, -0.2) is 44.5 Å². The molecule has 0 aliphatic carbocycles. The average Bonchev–Trinajstić information content (AvgIpc) is 3.31. The second kappa shape index (κ2) is 8.53. The number of tetrazole rings is 1. The standard InChI is InChI=1S/C22H26N6O/c1-17(20-24-26-27-25-20)23-21(29)22(19-10-6-3-7-11-19)12-14-28(15-13-22)16-18-8-4-2-5-9-18/h2-11,17H,12-16H2,1H3,(H,23,29)(H,24,25,26,27)/t17-/m1/s1. The van der Waals surface area contributed by atoms with E-state index in [0.29, 0.717) is 5.82 Å². The third kappa shape index (κ3) is 4.19. The fraction of sp³-hybridized carbons (Fsp3) is 0.364. The van der Waals surface area contributed by atoms with Crippen LogP contribution in [0, 0.1) is 0 Å². The van der Waals surface area contributed by atoms with Gasteiger partial charge in [0, 0.05) is 6.54 Å². The average molecular weight is 390 g/mol. The summed E-state index contributed by atoms with van der Waals surface area (Å²) in [5.41, 5.74) is 1.82. The number of carbonyl (C=O) groups excluding carboxylic acids is 1. The van der Waals surface area contributed by atoms with Crippen LogP contribution in [0.4, 0.5) is 0 Å². The Kier molecular flexibility index (Phi) is 5.67. The third-order valence-corrected chi connectivity index (χ3v) is 5.82. The van der Waals surface area contributed by atoms with E-state index in [-0.39, 0.29) is 11.9 Å². The fourth-order valence-electron chi connectivity index (χ4n) is 4.09. The van der Waals surface area contributed by atoms with E-state index in [2.05, 4.69) is 67.2 Å². The predicted molar refractivity (Wildman–Crippen MR) is 110 cm³/mol. The van der Waals surface area contributed by atoms with Gasteiger partial charge in [0.2, 0.25) is 5.91 Å². The Morgan fingerprint density at radius 2 is 1.76 bits per heavy atom. The van der Waals surface area contributed by atoms with Crippen LogP contribution in [0.15, 0.2) is 60.7 Å². The lowest BCUT2D eigenvalue weighted by molar-refractivity contribution is -0.129. The zero-order valence-corrected chi connectivity index (χ0v) is 16.6. The lowest BCUT2D eigenvalue weighted by atomic mass is 9.71. The van der Waals surface area contributed by atoms with Crippen molar-refractivity contribution in [2.75, 3.05) is 13.1 Å². The van der Waals surface area contributed by atoms with E-state index in [1.54, 1.807) is 0 Å². The van der Waals surface area contributed by atoms with E-state index >= 15 is 0 Å². The zero-order chi connectivity index (χ0) is 20.1. The van der Waals surface area contributed by atoms with Gasteiger partial charge in [0.25, 0.3) is 0 Å². The Hall–Kier alpha value is -3.06. The minimum absolute atomic E-state index is 0.0281. The van der Waals surface area contributed by atoms with Gasteiger partial charge in [-0.1, -0.05) is 65.9 Å². The Morgan fingerprint density at radius 1 is 1.10 bits per heavy atom. The highest BCUT2D eigenvalue weighted by molar-refractivity contribution is 5.88. The largest absolute Gasteiger partial charge is 0.345 e. The molecule has 4 rings (SSSR count). The number of amides is 1. The topological polar surface area (TPSA) is 86.8 Å². The molecular formula is C22H26N6O. The van der Waals surface area contributed by atoms with Crippen LogP contribution in [-0.2, 0) is 16.8 Å². The second-order valence-electron chi connectivity index (χ2n) is 7.68. The van der Waals surface area contributed by atoms with Gasteiger partial charge in [-0.05, 0) is 44.0 Å². The van der Waals surface area contributed by atoms with E-state index in [1.165, 1.54) is 5.56 Å². The third-order valence-electron chi connectivity index (χ3n) is 5.82. The van der Waals surface area contributed by atoms with Gasteiger partial charge in [-0.2, -0.15) is 5.21 Å². The molecule has 3 aromatic rings. The van der Waals surface area contributed by atoms with Crippen molar-refractivity contribution in [3.63, 3.8) is 0 Å². The number of carbonyl (C=O) groups is 1. The number of likely N-dealkylation sites (tertiary alicyclic amines) is 1. The van der Waals surface area contributed by atoms with Crippen LogP contribution >= 0.6 is 0 Å². The number of piperidine rings is 1. The first-order valence-corrected chi connectivity index (χ1v) is 10.0. The molecule has 29 heavy (non-hydrogen) atoms. The van der Waals surface area contributed by atoms with Crippen LogP contribution in [0.5, 0.6) is 0 Å². The van der Waals surface area contributed by atoms with Crippen LogP contribution in [0.25, 0.3) is 0 Å². The molecule has 1 aromatic heterocycles. The molecule has 0 unspecified atom stereocenters. The first kappa shape index (κ1) is 19.3. The van der Waals surface area contributed by atoms with Crippen molar-refractivity contribution in [1.82, 2.24) is 30.8 Å². The number of H-pyrrole nitrogens is 1. The Morgan fingerprint density at radius 3 is 2.38 bits per heavy atom. The molecule has 1 aliphatic rings. The van der Waals surface area contributed by atoms with Gasteiger partial charge >= 0.3 is 0 Å². The van der Waals surface area contributed by atoms with Crippen LogP contribution < -0.4 is 5.32 Å². The monoisotopic (exact) mass is 390 g/mol. The first-order valence-electron chi connectivity index (χ1n) is 10.0. The van der Waals surface area contributed by atoms with Crippen LogP contribution in [0.3, 0.4) is 0 Å². The molecule has 0 spiro atoms. The lowest BCUT2D eigenvalue weighted by Crippen LogP contribution is -2.52. The lowest BCUT2D eigenvalue weighted by Gasteiger charge is -2.41. The molecule has 0 saturated carbocycles. The maximum atomic E-state index is 13.5. The van der Waals surface area contributed by atoms with Crippen molar-refractivity contribution in [1.29, 1.82) is 0 Å². The van der Waals surface area contributed by atoms with Gasteiger partial charge in [-0.25, -0.2) is 0 Å². The molecule has 0 radical (unpaired) electrons. The number of nitrogens with zero attached hydrogens (tertiary/aromatic N) is 4. The maximum Gasteiger partial charge on any atom is 0.231 e. The van der Waals surface area contributed by atoms with Gasteiger partial charge in [-0.3, -0.25) is 9.69 Å². The van der Waals surface area contributed by atoms with Crippen molar-refractivity contribution >= 4 is 5.91 Å². The predicted octanol–water partition coefficient (Wildman–Crippen LogP) is 2.61. The Bertz CT molecular complexity index is 905. The summed E-state index contributed by atoms with van der Waals surface area (Å²) in [4.78, 5) is 15.9. The second-order valence-corrected chi connectivity index (χ2v) is 7.68. The molecule has 2 N–H and O–H groups in total. The Balaban J connectivity index is 1.51. The highest BCUT2D eigenvalue weighted by atomic mass is 16.2. The molecule has 1 aliphatic heterocycles. The van der Waals surface area contributed by atoms with Crippen LogP contribution in [0.1, 0.15) is 42.8 Å². The number of aromatic nitrogens is 4. The maximum absolute atomic E-state index is 13.5. The summed E-state index contributed by atoms with van der Waals surface area (Å²) in [6.07, 6.45) is 1.54. The molecule has 2 heterocycles. The molecule has 2 aromatic carbocycles. The summed E-state index contributed by atoms with van der Waals surface area (Å²) in [7, 11) is 0. The van der Waals surface area contributed by atoms with E-state index in [4.69, 9.17) is 0 Å². The molecule has 1 amide bonds. The Labute approximate surface area is 170 Å². The molecule has 1 atom stereocenters. The number of aromatic amines is 1. The minimum atomic E-state index is -0.549. The molecule has 150 valence electrons. The summed E-state index contributed by atoms with van der Waals surface area (Å²) >= 11 is 0. The van der Waals surface area contributed by atoms with Gasteiger partial charge in [0.15, 0.2) is 5.82 Å². The number of hydrogen-bond donors (Lipinski definition) is 2. The molecule has 1 saturated heterocycles. The number of hydrogen-bond acceptors (Lipinski definition) is 5. The normalized spacial score (nSPS) is 17.6. The van der Waals surface area contributed by atoms with Crippen molar-refractivity contribution < 1.29 is 4.79 Å². The summed E-state index contributed by atoms with van der Waals surface area (Å²) in [5.74, 6) is 0.517. The number of benzene rings is 2. The van der Waals surface area contributed by atoms with Crippen LogP contribution in [0.2, 0.25) is 0 Å². The molecule has 1 fully saturated rings. The van der Waals surface area contributed by atoms with Gasteiger partial charge in [0.1, 0.15) is 0 Å². The van der Waals surface area contributed by atoms with Crippen molar-refractivity contribution in [2.45, 2.75) is 37.8 Å². The zero-order valence-electron chi connectivity index (χ0n) is 16.6. The molecule has 0 bridgehead atoms. The van der Waals surface area contributed by atoms with E-state index in [1.807, 2.05) is 31.2 Å². The summed E-state index contributed by atoms with van der Waals surface area (Å²) < 4.78 is 0. The van der Waals surface area contributed by atoms with E-state index < -0.39 is 5.41 Å². The fourth-order valence-corrected chi connectivity index (χ4v) is 4.09. The smallest absolute Gasteiger partial charge is 0.231 e. The number of rotatable bonds is 6. The SMILES string of the molecule is C[C@@H](NC(=O)C1(c2ccccc2)CCN(Cc2ccccc2)CC1)c1nn[nH]n1. The van der Waals surface area contributed by atoms with Crippen molar-refractivity contribution in [3.8, 4) is 0 Å². The van der Waals surface area contributed by atoms with Gasteiger partial charge in [0.05, 0.1) is 11.5 Å². The quantitative estimate of drug-likeness (QED) is 0.676. The van der Waals surface area contributed by atoms with Crippen molar-refractivity contribution in [2.24, 2.45) is 0 Å². The summed E-state index contributed by atoms with van der Waals surface area (Å²) in [6.45, 7) is 4.53. The molecule has 7 heteroatoms. The molecule has 7 nitrogen and oxygen atoms in total. The van der Waals surface area contributed by atoms with E-state index in [0.717, 1.165) is 38.0 Å². The highest BCUT2D eigenvalue weighted by Crippen LogP contribution is 2.36. The summed E-state index contributed by atoms with van der Waals surface area (Å²) in [5, 5.41) is 17.1. The summed E-state index contributed by atoms with van der Waals surface area (Å²) in [6, 6.07) is 20.3. The highest BCUT2D eigenvalue weighted by Gasteiger charge is 2.43. The van der Waals surface area contributed by atoms with E-state index in [9.17, 15) is 4.79 Å². The molecular weight excluding hydrogens is 364 g/mol. The first-order chi connectivity index (χ1) is 14.2. The van der Waals surface area contributed by atoms with Gasteiger partial charge < -0.3 is 5.32 Å².